The molecule has 0 aliphatic carbocycles. The van der Waals surface area contributed by atoms with Gasteiger partial charge in [0.25, 0.3) is 5.56 Å². The molecule has 3 aromatic rings. The van der Waals surface area contributed by atoms with Gasteiger partial charge in [0, 0.05) is 17.3 Å². The summed E-state index contributed by atoms with van der Waals surface area (Å²) in [5.74, 6) is -1.60. The minimum absolute atomic E-state index is 0.155. The van der Waals surface area contributed by atoms with Crippen molar-refractivity contribution in [2.24, 2.45) is 0 Å². The van der Waals surface area contributed by atoms with Crippen LogP contribution >= 0.6 is 0 Å². The Labute approximate surface area is 136 Å². The van der Waals surface area contributed by atoms with Crippen LogP contribution in [0.2, 0.25) is 0 Å². The summed E-state index contributed by atoms with van der Waals surface area (Å²) < 4.78 is 14.4. The number of carbonyl (C=O) groups is 1. The summed E-state index contributed by atoms with van der Waals surface area (Å²) in [4.78, 5) is 23.6. The highest BCUT2D eigenvalue weighted by Gasteiger charge is 2.16. The van der Waals surface area contributed by atoms with Gasteiger partial charge in [0.1, 0.15) is 11.4 Å². The first-order valence-electron chi connectivity index (χ1n) is 7.19. The Bertz CT molecular complexity index is 958. The fourth-order valence-corrected chi connectivity index (χ4v) is 2.53. The SMILES string of the molecule is Cc1ccn(Cc2cn[nH]c2-c2ccc(F)cc2)c(=O)c1C(=O)O. The Morgan fingerprint density at radius 1 is 1.29 bits per heavy atom. The molecule has 0 atom stereocenters. The van der Waals surface area contributed by atoms with Crippen LogP contribution in [0.25, 0.3) is 11.3 Å². The van der Waals surface area contributed by atoms with E-state index in [0.29, 0.717) is 16.8 Å². The number of aromatic amines is 1. The molecule has 0 fully saturated rings. The fraction of sp³-hybridized carbons (Fsp3) is 0.118. The monoisotopic (exact) mass is 327 g/mol. The molecule has 24 heavy (non-hydrogen) atoms. The number of pyridine rings is 1. The maximum atomic E-state index is 13.1. The van der Waals surface area contributed by atoms with E-state index >= 15 is 0 Å². The number of hydrogen-bond acceptors (Lipinski definition) is 3. The number of halogens is 1. The van der Waals surface area contributed by atoms with Crippen LogP contribution in [0.3, 0.4) is 0 Å². The molecule has 0 aliphatic rings. The molecular weight excluding hydrogens is 313 g/mol. The quantitative estimate of drug-likeness (QED) is 0.770. The van der Waals surface area contributed by atoms with Gasteiger partial charge in [0.05, 0.1) is 18.4 Å². The van der Waals surface area contributed by atoms with Crippen LogP contribution in [0, 0.1) is 12.7 Å². The number of aromatic carboxylic acids is 1. The van der Waals surface area contributed by atoms with Gasteiger partial charge in [-0.15, -0.1) is 0 Å². The van der Waals surface area contributed by atoms with E-state index in [1.165, 1.54) is 16.7 Å². The summed E-state index contributed by atoms with van der Waals surface area (Å²) in [5.41, 5.74) is 1.67. The molecule has 6 nitrogen and oxygen atoms in total. The van der Waals surface area contributed by atoms with Gasteiger partial charge in [-0.25, -0.2) is 9.18 Å². The van der Waals surface area contributed by atoms with Crippen molar-refractivity contribution >= 4 is 5.97 Å². The molecule has 1 aromatic carbocycles. The van der Waals surface area contributed by atoms with E-state index < -0.39 is 11.5 Å². The number of nitrogens with zero attached hydrogens (tertiary/aromatic N) is 2. The molecule has 0 radical (unpaired) electrons. The predicted molar refractivity (Wildman–Crippen MR) is 85.5 cm³/mol. The fourth-order valence-electron chi connectivity index (χ4n) is 2.53. The molecule has 0 aliphatic heterocycles. The summed E-state index contributed by atoms with van der Waals surface area (Å²) in [6, 6.07) is 7.46. The van der Waals surface area contributed by atoms with Gasteiger partial charge in [-0.05, 0) is 42.8 Å². The molecular formula is C17H14FN3O3. The molecule has 2 heterocycles. The number of nitrogens with one attached hydrogen (secondary N) is 1. The largest absolute Gasteiger partial charge is 0.477 e. The average molecular weight is 327 g/mol. The van der Waals surface area contributed by atoms with Crippen LogP contribution in [0.15, 0.2) is 47.5 Å². The van der Waals surface area contributed by atoms with Gasteiger partial charge in [0.15, 0.2) is 0 Å². The molecule has 0 saturated carbocycles. The zero-order chi connectivity index (χ0) is 17.3. The van der Waals surface area contributed by atoms with E-state index in [2.05, 4.69) is 10.2 Å². The lowest BCUT2D eigenvalue weighted by Gasteiger charge is -2.09. The van der Waals surface area contributed by atoms with Crippen molar-refractivity contribution < 1.29 is 14.3 Å². The zero-order valence-corrected chi connectivity index (χ0v) is 12.8. The highest BCUT2D eigenvalue weighted by atomic mass is 19.1. The molecule has 0 spiro atoms. The second-order valence-corrected chi connectivity index (χ2v) is 5.39. The second-order valence-electron chi connectivity index (χ2n) is 5.39. The van der Waals surface area contributed by atoms with Gasteiger partial charge in [-0.2, -0.15) is 5.10 Å². The van der Waals surface area contributed by atoms with Crippen molar-refractivity contribution in [1.29, 1.82) is 0 Å². The summed E-state index contributed by atoms with van der Waals surface area (Å²) in [5, 5.41) is 16.0. The molecule has 2 N–H and O–H groups in total. The Morgan fingerprint density at radius 3 is 2.67 bits per heavy atom. The first-order chi connectivity index (χ1) is 11.5. The van der Waals surface area contributed by atoms with Crippen molar-refractivity contribution in [1.82, 2.24) is 14.8 Å². The highest BCUT2D eigenvalue weighted by molar-refractivity contribution is 5.88. The normalized spacial score (nSPS) is 10.8. The smallest absolute Gasteiger partial charge is 0.341 e. The second kappa shape index (κ2) is 6.11. The number of hydrogen-bond donors (Lipinski definition) is 2. The van der Waals surface area contributed by atoms with Crippen molar-refractivity contribution in [3.63, 3.8) is 0 Å². The molecule has 0 amide bonds. The lowest BCUT2D eigenvalue weighted by atomic mass is 10.1. The third-order valence-electron chi connectivity index (χ3n) is 3.78. The first kappa shape index (κ1) is 15.7. The Morgan fingerprint density at radius 2 is 2.00 bits per heavy atom. The van der Waals surface area contributed by atoms with Gasteiger partial charge in [0.2, 0.25) is 0 Å². The third kappa shape index (κ3) is 2.83. The van der Waals surface area contributed by atoms with E-state index in [4.69, 9.17) is 0 Å². The number of benzene rings is 1. The molecule has 0 unspecified atom stereocenters. The number of H-pyrrole nitrogens is 1. The van der Waals surface area contributed by atoms with Crippen LogP contribution in [-0.4, -0.2) is 25.8 Å². The summed E-state index contributed by atoms with van der Waals surface area (Å²) in [6.45, 7) is 1.74. The molecule has 3 rings (SSSR count). The summed E-state index contributed by atoms with van der Waals surface area (Å²) in [7, 11) is 0. The van der Waals surface area contributed by atoms with Crippen molar-refractivity contribution in [2.75, 3.05) is 0 Å². The van der Waals surface area contributed by atoms with Crippen LogP contribution in [0.1, 0.15) is 21.5 Å². The predicted octanol–water partition coefficient (Wildman–Crippen LogP) is 2.43. The molecule has 122 valence electrons. The van der Waals surface area contributed by atoms with E-state index in [-0.39, 0.29) is 17.9 Å². The van der Waals surface area contributed by atoms with Crippen LogP contribution in [-0.2, 0) is 6.54 Å². The van der Waals surface area contributed by atoms with Crippen LogP contribution in [0.5, 0.6) is 0 Å². The van der Waals surface area contributed by atoms with Crippen molar-refractivity contribution in [3.05, 3.63) is 75.6 Å². The van der Waals surface area contributed by atoms with Gasteiger partial charge >= 0.3 is 5.97 Å². The Balaban J connectivity index is 2.01. The highest BCUT2D eigenvalue weighted by Crippen LogP contribution is 2.22. The van der Waals surface area contributed by atoms with Gasteiger partial charge in [-0.1, -0.05) is 0 Å². The third-order valence-corrected chi connectivity index (χ3v) is 3.78. The van der Waals surface area contributed by atoms with Gasteiger partial charge < -0.3 is 9.67 Å². The topological polar surface area (TPSA) is 88.0 Å². The summed E-state index contributed by atoms with van der Waals surface area (Å²) in [6.07, 6.45) is 3.11. The average Bonchev–Trinajstić information content (AvgIpc) is 2.99. The van der Waals surface area contributed by atoms with Gasteiger partial charge in [-0.3, -0.25) is 9.89 Å². The minimum atomic E-state index is -1.25. The van der Waals surface area contributed by atoms with E-state index in [0.717, 1.165) is 5.56 Å². The molecule has 2 aromatic heterocycles. The first-order valence-corrected chi connectivity index (χ1v) is 7.19. The Kier molecular flexibility index (Phi) is 3.99. The lowest BCUT2D eigenvalue weighted by Crippen LogP contribution is -2.27. The van der Waals surface area contributed by atoms with Crippen LogP contribution < -0.4 is 5.56 Å². The molecule has 0 saturated heterocycles. The van der Waals surface area contributed by atoms with Crippen molar-refractivity contribution in [2.45, 2.75) is 13.5 Å². The lowest BCUT2D eigenvalue weighted by molar-refractivity contribution is 0.0693. The standard InChI is InChI=1S/C17H14FN3O3/c1-10-6-7-21(16(22)14(10)17(23)24)9-12-8-19-20-15(12)11-2-4-13(18)5-3-11/h2-8H,9H2,1H3,(H,19,20)(H,23,24). The van der Waals surface area contributed by atoms with E-state index in [1.54, 1.807) is 37.5 Å². The molecule has 0 bridgehead atoms. The Hall–Kier alpha value is -3.22. The number of aromatic nitrogens is 3. The van der Waals surface area contributed by atoms with E-state index in [1.807, 2.05) is 0 Å². The van der Waals surface area contributed by atoms with Crippen LogP contribution in [0.4, 0.5) is 4.39 Å². The maximum Gasteiger partial charge on any atom is 0.341 e. The zero-order valence-electron chi connectivity index (χ0n) is 12.8. The van der Waals surface area contributed by atoms with Crippen molar-refractivity contribution in [3.8, 4) is 11.3 Å². The number of rotatable bonds is 4. The maximum absolute atomic E-state index is 13.1. The summed E-state index contributed by atoms with van der Waals surface area (Å²) >= 11 is 0. The number of carboxylic acids is 1. The molecule has 7 heteroatoms. The van der Waals surface area contributed by atoms with E-state index in [9.17, 15) is 19.1 Å². The number of carboxylic acid groups (broad SMARTS) is 1. The number of aryl methyl sites for hydroxylation is 1. The minimum Gasteiger partial charge on any atom is -0.477 e.